The van der Waals surface area contributed by atoms with E-state index in [1.165, 1.54) is 0 Å². The molecule has 4 nitrogen and oxygen atoms in total. The lowest BCUT2D eigenvalue weighted by molar-refractivity contribution is -0.141. The highest BCUT2D eigenvalue weighted by molar-refractivity contribution is 5.97. The average Bonchev–Trinajstić information content (AvgIpc) is 2.33. The lowest BCUT2D eigenvalue weighted by Gasteiger charge is -2.26. The van der Waals surface area contributed by atoms with E-state index in [9.17, 15) is 18.0 Å². The molecule has 7 heteroatoms. The minimum absolute atomic E-state index is 0.000463. The summed E-state index contributed by atoms with van der Waals surface area (Å²) >= 11 is 0. The van der Waals surface area contributed by atoms with Crippen LogP contribution in [0.15, 0.2) is 12.1 Å². The fourth-order valence-corrected chi connectivity index (χ4v) is 1.85. The highest BCUT2D eigenvalue weighted by Gasteiger charge is 2.34. The topological polar surface area (TPSA) is 59.2 Å². The second-order valence-electron chi connectivity index (χ2n) is 4.86. The van der Waals surface area contributed by atoms with Gasteiger partial charge in [-0.25, -0.2) is 4.98 Å². The zero-order valence-corrected chi connectivity index (χ0v) is 11.7. The van der Waals surface area contributed by atoms with Gasteiger partial charge in [0.2, 0.25) is 0 Å². The Bertz CT molecular complexity index is 486. The van der Waals surface area contributed by atoms with E-state index in [0.29, 0.717) is 13.1 Å². The number of aromatic nitrogens is 1. The van der Waals surface area contributed by atoms with Gasteiger partial charge in [0.25, 0.3) is 5.91 Å². The smallest absolute Gasteiger partial charge is 0.365 e. The van der Waals surface area contributed by atoms with Crippen LogP contribution in [0.2, 0.25) is 0 Å². The van der Waals surface area contributed by atoms with Crippen molar-refractivity contribution in [1.82, 2.24) is 4.98 Å². The molecule has 0 aliphatic carbocycles. The van der Waals surface area contributed by atoms with E-state index >= 15 is 0 Å². The summed E-state index contributed by atoms with van der Waals surface area (Å²) < 4.78 is 38.2. The minimum atomic E-state index is -4.55. The lowest BCUT2D eigenvalue weighted by atomic mass is 10.1. The minimum Gasteiger partial charge on any atom is -0.365 e. The number of halogens is 3. The molecule has 0 aromatic carbocycles. The van der Waals surface area contributed by atoms with E-state index in [-0.39, 0.29) is 17.3 Å². The molecule has 0 spiro atoms. The molecule has 1 aromatic rings. The summed E-state index contributed by atoms with van der Waals surface area (Å²) in [5.74, 6) is -0.584. The third kappa shape index (κ3) is 3.85. The first-order valence-corrected chi connectivity index (χ1v) is 6.29. The molecule has 112 valence electrons. The van der Waals surface area contributed by atoms with Crippen LogP contribution in [0.1, 0.15) is 36.8 Å². The zero-order chi connectivity index (χ0) is 15.5. The normalized spacial score (nSPS) is 11.8. The first kappa shape index (κ1) is 16.3. The molecule has 2 N–H and O–H groups in total. The van der Waals surface area contributed by atoms with Crippen LogP contribution in [-0.4, -0.2) is 24.0 Å². The molecule has 0 saturated heterocycles. The number of hydrogen-bond acceptors (Lipinski definition) is 3. The number of primary amides is 1. The summed E-state index contributed by atoms with van der Waals surface area (Å²) in [5, 5.41) is 0. The number of carbonyl (C=O) groups excluding carboxylic acids is 1. The van der Waals surface area contributed by atoms with E-state index in [1.54, 1.807) is 11.8 Å². The maximum absolute atomic E-state index is 12.7. The van der Waals surface area contributed by atoms with Gasteiger partial charge >= 0.3 is 6.18 Å². The molecular formula is C13H18F3N3O. The monoisotopic (exact) mass is 289 g/mol. The quantitative estimate of drug-likeness (QED) is 0.906. The molecule has 0 aliphatic heterocycles. The molecule has 1 rings (SSSR count). The van der Waals surface area contributed by atoms with Crippen molar-refractivity contribution >= 4 is 11.7 Å². The van der Waals surface area contributed by atoms with Gasteiger partial charge in [-0.05, 0) is 25.0 Å². The summed E-state index contributed by atoms with van der Waals surface area (Å²) in [6, 6.07) is 1.85. The standard InChI is InChI=1S/C13H18F3N3O/c1-4-19(7-8(2)3)12-9(11(17)20)5-6-10(18-12)13(14,15)16/h5-6,8H,4,7H2,1-3H3,(H2,17,20). The predicted octanol–water partition coefficient (Wildman–Crippen LogP) is 2.68. The maximum Gasteiger partial charge on any atom is 0.433 e. The second-order valence-corrected chi connectivity index (χ2v) is 4.86. The molecule has 1 amide bonds. The molecule has 1 aromatic heterocycles. The molecule has 1 heterocycles. The van der Waals surface area contributed by atoms with Crippen molar-refractivity contribution in [2.45, 2.75) is 26.9 Å². The van der Waals surface area contributed by atoms with Crippen LogP contribution in [0.25, 0.3) is 0 Å². The van der Waals surface area contributed by atoms with Crippen molar-refractivity contribution in [2.75, 3.05) is 18.0 Å². The summed E-state index contributed by atoms with van der Waals surface area (Å²) in [6.45, 7) is 6.58. The number of anilines is 1. The number of nitrogens with two attached hydrogens (primary N) is 1. The Balaban J connectivity index is 3.34. The highest BCUT2D eigenvalue weighted by atomic mass is 19.4. The van der Waals surface area contributed by atoms with E-state index in [1.807, 2.05) is 13.8 Å². The largest absolute Gasteiger partial charge is 0.433 e. The molecule has 0 saturated carbocycles. The van der Waals surface area contributed by atoms with E-state index in [4.69, 9.17) is 5.73 Å². The molecular weight excluding hydrogens is 271 g/mol. The first-order chi connectivity index (χ1) is 9.16. The van der Waals surface area contributed by atoms with Crippen molar-refractivity contribution in [3.8, 4) is 0 Å². The van der Waals surface area contributed by atoms with Gasteiger partial charge in [-0.2, -0.15) is 13.2 Å². The molecule has 0 bridgehead atoms. The van der Waals surface area contributed by atoms with Gasteiger partial charge in [-0.15, -0.1) is 0 Å². The van der Waals surface area contributed by atoms with E-state index in [0.717, 1.165) is 12.1 Å². The molecule has 0 unspecified atom stereocenters. The molecule has 0 radical (unpaired) electrons. The Labute approximate surface area is 115 Å². The van der Waals surface area contributed by atoms with Crippen LogP contribution in [0.4, 0.5) is 19.0 Å². The lowest BCUT2D eigenvalue weighted by Crippen LogP contribution is -2.31. The Kier molecular flexibility index (Phi) is 4.97. The number of nitrogens with zero attached hydrogens (tertiary/aromatic N) is 2. The van der Waals surface area contributed by atoms with E-state index in [2.05, 4.69) is 4.98 Å². The summed E-state index contributed by atoms with van der Waals surface area (Å²) in [5.41, 5.74) is 4.18. The Morgan fingerprint density at radius 1 is 1.40 bits per heavy atom. The highest BCUT2D eigenvalue weighted by Crippen LogP contribution is 2.30. The Hall–Kier alpha value is -1.79. The van der Waals surface area contributed by atoms with Crippen LogP contribution < -0.4 is 10.6 Å². The summed E-state index contributed by atoms with van der Waals surface area (Å²) in [7, 11) is 0. The molecule has 0 fully saturated rings. The Morgan fingerprint density at radius 2 is 2.00 bits per heavy atom. The van der Waals surface area contributed by atoms with Crippen molar-refractivity contribution in [3.63, 3.8) is 0 Å². The van der Waals surface area contributed by atoms with E-state index < -0.39 is 17.8 Å². The molecule has 20 heavy (non-hydrogen) atoms. The van der Waals surface area contributed by atoms with Crippen LogP contribution >= 0.6 is 0 Å². The predicted molar refractivity (Wildman–Crippen MR) is 70.5 cm³/mol. The number of rotatable bonds is 5. The number of alkyl halides is 3. The van der Waals surface area contributed by atoms with Gasteiger partial charge in [0.15, 0.2) is 0 Å². The third-order valence-electron chi connectivity index (χ3n) is 2.70. The fraction of sp³-hybridized carbons (Fsp3) is 0.538. The van der Waals surface area contributed by atoms with Gasteiger partial charge in [-0.1, -0.05) is 13.8 Å². The average molecular weight is 289 g/mol. The SMILES string of the molecule is CCN(CC(C)C)c1nc(C(F)(F)F)ccc1C(N)=O. The third-order valence-corrected chi connectivity index (χ3v) is 2.70. The Morgan fingerprint density at radius 3 is 2.40 bits per heavy atom. The van der Waals surface area contributed by atoms with Crippen LogP contribution in [-0.2, 0) is 6.18 Å². The van der Waals surface area contributed by atoms with Gasteiger partial charge in [0, 0.05) is 13.1 Å². The van der Waals surface area contributed by atoms with Crippen molar-refractivity contribution in [3.05, 3.63) is 23.4 Å². The maximum atomic E-state index is 12.7. The van der Waals surface area contributed by atoms with Crippen molar-refractivity contribution in [2.24, 2.45) is 11.7 Å². The van der Waals surface area contributed by atoms with Crippen LogP contribution in [0.3, 0.4) is 0 Å². The number of carbonyl (C=O) groups is 1. The number of hydrogen-bond donors (Lipinski definition) is 1. The van der Waals surface area contributed by atoms with Crippen molar-refractivity contribution < 1.29 is 18.0 Å². The molecule has 0 aliphatic rings. The van der Waals surface area contributed by atoms with Crippen LogP contribution in [0, 0.1) is 5.92 Å². The van der Waals surface area contributed by atoms with Gasteiger partial charge < -0.3 is 10.6 Å². The summed E-state index contributed by atoms with van der Waals surface area (Å²) in [6.07, 6.45) is -4.55. The first-order valence-electron chi connectivity index (χ1n) is 6.29. The van der Waals surface area contributed by atoms with Crippen LogP contribution in [0.5, 0.6) is 0 Å². The fourth-order valence-electron chi connectivity index (χ4n) is 1.85. The van der Waals surface area contributed by atoms with Gasteiger partial charge in [0.05, 0.1) is 5.56 Å². The van der Waals surface area contributed by atoms with Gasteiger partial charge in [-0.3, -0.25) is 4.79 Å². The summed E-state index contributed by atoms with van der Waals surface area (Å²) in [4.78, 5) is 16.6. The molecule has 0 atom stereocenters. The van der Waals surface area contributed by atoms with Gasteiger partial charge in [0.1, 0.15) is 11.5 Å². The number of pyridine rings is 1. The zero-order valence-electron chi connectivity index (χ0n) is 11.7. The van der Waals surface area contributed by atoms with Crippen molar-refractivity contribution in [1.29, 1.82) is 0 Å². The number of amides is 1. The second kappa shape index (κ2) is 6.11.